The average Bonchev–Trinajstić information content (AvgIpc) is 3.10. The zero-order chi connectivity index (χ0) is 15.6. The highest BCUT2D eigenvalue weighted by Crippen LogP contribution is 2.36. The van der Waals surface area contributed by atoms with E-state index in [0.717, 1.165) is 47.1 Å². The standard InChI is InChI=1S/C17H17N3OS2/c21-14-9-5-2-6-10-20(14)23-16-15(13-7-3-1-4-8-13)18-17-19(16)11-12-22-17/h1,3-4,7-8,11-12H,2,5-6,9-10H2. The van der Waals surface area contributed by atoms with E-state index in [1.807, 2.05) is 34.1 Å². The molecule has 1 fully saturated rings. The minimum Gasteiger partial charge on any atom is -0.283 e. The molecule has 1 aromatic carbocycles. The first kappa shape index (κ1) is 14.8. The topological polar surface area (TPSA) is 37.6 Å². The molecule has 23 heavy (non-hydrogen) atoms. The van der Waals surface area contributed by atoms with Crippen molar-refractivity contribution < 1.29 is 4.79 Å². The maximum atomic E-state index is 12.3. The Morgan fingerprint density at radius 2 is 2.00 bits per heavy atom. The second-order valence-corrected chi connectivity index (χ2v) is 7.47. The average molecular weight is 343 g/mol. The molecule has 0 saturated carbocycles. The maximum absolute atomic E-state index is 12.3. The lowest BCUT2D eigenvalue weighted by molar-refractivity contribution is -0.125. The summed E-state index contributed by atoms with van der Waals surface area (Å²) < 4.78 is 4.01. The van der Waals surface area contributed by atoms with E-state index in [9.17, 15) is 4.79 Å². The molecule has 0 aliphatic carbocycles. The quantitative estimate of drug-likeness (QED) is 0.658. The molecule has 0 unspecified atom stereocenters. The normalized spacial score (nSPS) is 16.0. The lowest BCUT2D eigenvalue weighted by Gasteiger charge is -2.19. The highest BCUT2D eigenvalue weighted by molar-refractivity contribution is 7.97. The van der Waals surface area contributed by atoms with Crippen LogP contribution < -0.4 is 0 Å². The van der Waals surface area contributed by atoms with Gasteiger partial charge in [0.25, 0.3) is 0 Å². The summed E-state index contributed by atoms with van der Waals surface area (Å²) in [7, 11) is 0. The fourth-order valence-electron chi connectivity index (χ4n) is 2.80. The van der Waals surface area contributed by atoms with Gasteiger partial charge in [0, 0.05) is 42.1 Å². The lowest BCUT2D eigenvalue weighted by Crippen LogP contribution is -2.23. The Morgan fingerprint density at radius 1 is 1.13 bits per heavy atom. The fourth-order valence-corrected chi connectivity index (χ4v) is 4.67. The van der Waals surface area contributed by atoms with Crippen molar-refractivity contribution in [2.24, 2.45) is 0 Å². The Bertz CT molecular complexity index is 825. The highest BCUT2D eigenvalue weighted by Gasteiger charge is 2.23. The van der Waals surface area contributed by atoms with Gasteiger partial charge in [0.2, 0.25) is 5.91 Å². The number of carbonyl (C=O) groups excluding carboxylic acids is 1. The largest absolute Gasteiger partial charge is 0.283 e. The summed E-state index contributed by atoms with van der Waals surface area (Å²) in [6.07, 6.45) is 5.89. The molecular weight excluding hydrogens is 326 g/mol. The highest BCUT2D eigenvalue weighted by atomic mass is 32.2. The molecule has 4 rings (SSSR count). The number of amides is 1. The first-order valence-corrected chi connectivity index (χ1v) is 9.47. The van der Waals surface area contributed by atoms with E-state index in [1.54, 1.807) is 11.3 Å². The van der Waals surface area contributed by atoms with Gasteiger partial charge in [-0.25, -0.2) is 4.98 Å². The van der Waals surface area contributed by atoms with Crippen molar-refractivity contribution in [3.05, 3.63) is 41.9 Å². The Kier molecular flexibility index (Phi) is 4.10. The predicted molar refractivity (Wildman–Crippen MR) is 94.5 cm³/mol. The van der Waals surface area contributed by atoms with Crippen LogP contribution in [0.1, 0.15) is 25.7 Å². The van der Waals surface area contributed by atoms with Crippen LogP contribution in [0, 0.1) is 0 Å². The number of benzene rings is 1. The summed E-state index contributed by atoms with van der Waals surface area (Å²) in [4.78, 5) is 18.1. The summed E-state index contributed by atoms with van der Waals surface area (Å²) in [5.74, 6) is 0.233. The van der Waals surface area contributed by atoms with Gasteiger partial charge < -0.3 is 0 Å². The van der Waals surface area contributed by atoms with Gasteiger partial charge in [0.15, 0.2) is 4.96 Å². The molecule has 2 aromatic heterocycles. The molecule has 6 heteroatoms. The molecule has 0 N–H and O–H groups in total. The molecule has 3 aromatic rings. The molecule has 0 bridgehead atoms. The second-order valence-electron chi connectivity index (χ2n) is 5.58. The summed E-state index contributed by atoms with van der Waals surface area (Å²) in [6.45, 7) is 0.815. The summed E-state index contributed by atoms with van der Waals surface area (Å²) in [5.41, 5.74) is 2.05. The van der Waals surface area contributed by atoms with Gasteiger partial charge in [-0.2, -0.15) is 0 Å². The molecule has 118 valence electrons. The van der Waals surface area contributed by atoms with E-state index in [2.05, 4.69) is 16.5 Å². The molecule has 1 amide bonds. The van der Waals surface area contributed by atoms with E-state index >= 15 is 0 Å². The van der Waals surface area contributed by atoms with Gasteiger partial charge in [0.05, 0.1) is 0 Å². The summed E-state index contributed by atoms with van der Waals surface area (Å²) in [5, 5.41) is 3.06. The third-order valence-electron chi connectivity index (χ3n) is 3.99. The predicted octanol–water partition coefficient (Wildman–Crippen LogP) is 4.47. The number of imidazole rings is 1. The van der Waals surface area contributed by atoms with E-state index in [-0.39, 0.29) is 5.91 Å². The molecule has 1 aliphatic heterocycles. The Balaban J connectivity index is 1.75. The third-order valence-corrected chi connectivity index (χ3v) is 5.92. The van der Waals surface area contributed by atoms with Crippen molar-refractivity contribution in [2.75, 3.05) is 6.54 Å². The van der Waals surface area contributed by atoms with E-state index in [1.165, 1.54) is 11.9 Å². The van der Waals surface area contributed by atoms with Crippen LogP contribution in [0.4, 0.5) is 0 Å². The Hall–Kier alpha value is -1.79. The van der Waals surface area contributed by atoms with Crippen LogP contribution in [-0.2, 0) is 4.79 Å². The zero-order valence-corrected chi connectivity index (χ0v) is 14.3. The van der Waals surface area contributed by atoms with Crippen molar-refractivity contribution >= 4 is 34.2 Å². The van der Waals surface area contributed by atoms with Crippen LogP contribution in [-0.4, -0.2) is 26.1 Å². The molecule has 0 atom stereocenters. The van der Waals surface area contributed by atoms with Gasteiger partial charge in [0.1, 0.15) is 10.7 Å². The molecule has 4 nitrogen and oxygen atoms in total. The number of thiazole rings is 1. The molecule has 1 saturated heterocycles. The number of aromatic nitrogens is 2. The van der Waals surface area contributed by atoms with Gasteiger partial charge in [-0.05, 0) is 12.8 Å². The SMILES string of the molecule is O=C1CCCCCN1Sc1c(-c2ccccc2)nc2sccn12. The van der Waals surface area contributed by atoms with Crippen molar-refractivity contribution in [1.82, 2.24) is 13.7 Å². The van der Waals surface area contributed by atoms with Crippen molar-refractivity contribution in [3.63, 3.8) is 0 Å². The van der Waals surface area contributed by atoms with Gasteiger partial charge in [-0.15, -0.1) is 11.3 Å². The molecule has 0 radical (unpaired) electrons. The van der Waals surface area contributed by atoms with Crippen molar-refractivity contribution in [2.45, 2.75) is 30.7 Å². The molecule has 1 aliphatic rings. The van der Waals surface area contributed by atoms with Crippen LogP contribution in [0.15, 0.2) is 46.9 Å². The van der Waals surface area contributed by atoms with Gasteiger partial charge in [-0.3, -0.25) is 13.5 Å². The molecular formula is C17H17N3OS2. The van der Waals surface area contributed by atoms with E-state index in [0.29, 0.717) is 6.42 Å². The number of carbonyl (C=O) groups is 1. The summed E-state index contributed by atoms with van der Waals surface area (Å²) >= 11 is 3.16. The monoisotopic (exact) mass is 343 g/mol. The van der Waals surface area contributed by atoms with Crippen molar-refractivity contribution in [1.29, 1.82) is 0 Å². The Labute approximate surface area is 143 Å². The van der Waals surface area contributed by atoms with Crippen LogP contribution >= 0.6 is 23.3 Å². The summed E-state index contributed by atoms with van der Waals surface area (Å²) in [6, 6.07) is 10.2. The molecule has 3 heterocycles. The first-order chi connectivity index (χ1) is 11.3. The van der Waals surface area contributed by atoms with Crippen LogP contribution in [0.5, 0.6) is 0 Å². The van der Waals surface area contributed by atoms with Crippen molar-refractivity contribution in [3.8, 4) is 11.3 Å². The van der Waals surface area contributed by atoms with E-state index < -0.39 is 0 Å². The smallest absolute Gasteiger partial charge is 0.232 e. The second kappa shape index (κ2) is 6.37. The maximum Gasteiger partial charge on any atom is 0.232 e. The fraction of sp³-hybridized carbons (Fsp3) is 0.294. The number of fused-ring (bicyclic) bond motifs is 1. The minimum atomic E-state index is 0.233. The van der Waals surface area contributed by atoms with E-state index in [4.69, 9.17) is 4.98 Å². The lowest BCUT2D eigenvalue weighted by atomic mass is 10.2. The van der Waals surface area contributed by atoms with Crippen LogP contribution in [0.2, 0.25) is 0 Å². The Morgan fingerprint density at radius 3 is 2.87 bits per heavy atom. The van der Waals surface area contributed by atoms with Crippen LogP contribution in [0.3, 0.4) is 0 Å². The number of hydrogen-bond donors (Lipinski definition) is 0. The minimum absolute atomic E-state index is 0.233. The first-order valence-electron chi connectivity index (χ1n) is 7.82. The number of rotatable bonds is 3. The zero-order valence-electron chi connectivity index (χ0n) is 12.6. The third kappa shape index (κ3) is 2.88. The number of hydrogen-bond acceptors (Lipinski definition) is 4. The van der Waals surface area contributed by atoms with Gasteiger partial charge >= 0.3 is 0 Å². The van der Waals surface area contributed by atoms with Gasteiger partial charge in [-0.1, -0.05) is 36.8 Å². The van der Waals surface area contributed by atoms with Crippen LogP contribution in [0.25, 0.3) is 16.2 Å². The number of nitrogens with zero attached hydrogens (tertiary/aromatic N) is 3. The molecule has 0 spiro atoms.